The van der Waals surface area contributed by atoms with Gasteiger partial charge in [0.15, 0.2) is 0 Å². The molecule has 0 amide bonds. The molecule has 0 N–H and O–H groups in total. The molecule has 0 radical (unpaired) electrons. The Labute approximate surface area is 138 Å². The standard InChI is InChI=1S/C19H22O2Se/c1-4-14-10-11-16-17(12-13(14)2)21-18(20)19(16,3)22-15-8-6-5-7-9-15/h4-10,13,16-17H,1,11-12H2,2-3H3/t13-,16-,17-,19-/m0/s1. The summed E-state index contributed by atoms with van der Waals surface area (Å²) in [4.78, 5) is 12.6. The number of allylic oxidation sites excluding steroid dienone is 3. The Morgan fingerprint density at radius 3 is 2.77 bits per heavy atom. The number of carbonyl (C=O) groups excluding carboxylic acids is 1. The third-order valence-corrected chi connectivity index (χ3v) is 7.83. The van der Waals surface area contributed by atoms with Crippen molar-refractivity contribution in [3.05, 3.63) is 54.6 Å². The van der Waals surface area contributed by atoms with Crippen molar-refractivity contribution in [3.8, 4) is 0 Å². The molecule has 0 saturated carbocycles. The zero-order valence-corrected chi connectivity index (χ0v) is 14.8. The summed E-state index contributed by atoms with van der Waals surface area (Å²) in [6.07, 6.45) is 6.09. The van der Waals surface area contributed by atoms with Gasteiger partial charge in [-0.15, -0.1) is 0 Å². The minimum absolute atomic E-state index is 0.00555. The molecule has 1 heterocycles. The van der Waals surface area contributed by atoms with Gasteiger partial charge in [0.2, 0.25) is 0 Å². The van der Waals surface area contributed by atoms with Crippen LogP contribution in [0.25, 0.3) is 0 Å². The van der Waals surface area contributed by atoms with E-state index in [9.17, 15) is 4.79 Å². The normalized spacial score (nSPS) is 34.4. The number of benzene rings is 1. The van der Waals surface area contributed by atoms with E-state index in [0.29, 0.717) is 5.92 Å². The molecule has 22 heavy (non-hydrogen) atoms. The Hall–Kier alpha value is -1.31. The number of hydrogen-bond donors (Lipinski definition) is 0. The fourth-order valence-corrected chi connectivity index (χ4v) is 6.27. The molecule has 1 saturated heterocycles. The monoisotopic (exact) mass is 362 g/mol. The molecule has 3 heteroatoms. The van der Waals surface area contributed by atoms with Crippen LogP contribution in [0.1, 0.15) is 26.7 Å². The number of fused-ring (bicyclic) bond motifs is 1. The second-order valence-electron chi connectivity index (χ2n) is 6.35. The van der Waals surface area contributed by atoms with Crippen LogP contribution in [-0.4, -0.2) is 27.0 Å². The van der Waals surface area contributed by atoms with E-state index in [-0.39, 0.29) is 37.3 Å². The molecule has 1 fully saturated rings. The van der Waals surface area contributed by atoms with Crippen LogP contribution in [0.2, 0.25) is 4.31 Å². The summed E-state index contributed by atoms with van der Waals surface area (Å²) in [5.41, 5.74) is 1.29. The van der Waals surface area contributed by atoms with Crippen LogP contribution in [-0.2, 0) is 9.53 Å². The first-order valence-corrected chi connectivity index (χ1v) is 9.53. The van der Waals surface area contributed by atoms with Crippen molar-refractivity contribution in [2.45, 2.75) is 37.1 Å². The molecule has 0 bridgehead atoms. The first kappa shape index (κ1) is 15.6. The fourth-order valence-electron chi connectivity index (χ4n) is 3.52. The van der Waals surface area contributed by atoms with Gasteiger partial charge in [0.1, 0.15) is 0 Å². The minimum atomic E-state index is -0.369. The number of rotatable bonds is 3. The van der Waals surface area contributed by atoms with E-state index in [4.69, 9.17) is 4.74 Å². The Morgan fingerprint density at radius 1 is 1.36 bits per heavy atom. The topological polar surface area (TPSA) is 26.3 Å². The van der Waals surface area contributed by atoms with Crippen molar-refractivity contribution >= 4 is 25.4 Å². The van der Waals surface area contributed by atoms with Gasteiger partial charge in [-0.05, 0) is 0 Å². The van der Waals surface area contributed by atoms with E-state index in [1.165, 1.54) is 10.0 Å². The maximum atomic E-state index is 12.6. The Balaban J connectivity index is 1.89. The van der Waals surface area contributed by atoms with Gasteiger partial charge >= 0.3 is 138 Å². The fraction of sp³-hybridized carbons (Fsp3) is 0.421. The number of ether oxygens (including phenoxy) is 1. The third kappa shape index (κ3) is 2.68. The molecule has 116 valence electrons. The summed E-state index contributed by atoms with van der Waals surface area (Å²) in [5, 5.41) is 0. The summed E-state index contributed by atoms with van der Waals surface area (Å²) in [6, 6.07) is 10.3. The summed E-state index contributed by atoms with van der Waals surface area (Å²) < 4.78 is 6.70. The van der Waals surface area contributed by atoms with Crippen molar-refractivity contribution in [2.75, 3.05) is 0 Å². The van der Waals surface area contributed by atoms with Crippen LogP contribution in [0.15, 0.2) is 54.6 Å². The first-order chi connectivity index (χ1) is 10.5. The number of hydrogen-bond acceptors (Lipinski definition) is 2. The molecule has 1 aromatic rings. The molecule has 1 aliphatic carbocycles. The summed E-state index contributed by atoms with van der Waals surface area (Å²) in [5.74, 6) is 0.681. The van der Waals surface area contributed by atoms with Gasteiger partial charge in [-0.3, -0.25) is 0 Å². The van der Waals surface area contributed by atoms with Gasteiger partial charge in [0.05, 0.1) is 0 Å². The van der Waals surface area contributed by atoms with Crippen molar-refractivity contribution in [3.63, 3.8) is 0 Å². The SMILES string of the molecule is C=CC1=CC[C@H]2[C@H](C[C@@H]1C)OC(=O)[C@@]2(C)[Se]c1ccccc1. The van der Waals surface area contributed by atoms with Crippen molar-refractivity contribution in [1.82, 2.24) is 0 Å². The number of carbonyl (C=O) groups is 1. The van der Waals surface area contributed by atoms with Crippen LogP contribution in [0.5, 0.6) is 0 Å². The molecule has 0 spiro atoms. The molecule has 4 atom stereocenters. The van der Waals surface area contributed by atoms with Crippen LogP contribution in [0, 0.1) is 11.8 Å². The van der Waals surface area contributed by atoms with Gasteiger partial charge in [-0.2, -0.15) is 0 Å². The average molecular weight is 361 g/mol. The van der Waals surface area contributed by atoms with Crippen molar-refractivity contribution in [1.29, 1.82) is 0 Å². The Bertz CT molecular complexity index is 607. The molecule has 2 aliphatic rings. The van der Waals surface area contributed by atoms with Gasteiger partial charge in [-0.1, -0.05) is 0 Å². The van der Waals surface area contributed by atoms with Gasteiger partial charge in [-0.25, -0.2) is 0 Å². The average Bonchev–Trinajstić information content (AvgIpc) is 2.64. The summed E-state index contributed by atoms with van der Waals surface area (Å²) >= 11 is 0.0838. The van der Waals surface area contributed by atoms with Crippen molar-refractivity contribution < 1.29 is 9.53 Å². The maximum absolute atomic E-state index is 12.6. The van der Waals surface area contributed by atoms with E-state index < -0.39 is 0 Å². The van der Waals surface area contributed by atoms with Crippen LogP contribution in [0.3, 0.4) is 0 Å². The van der Waals surface area contributed by atoms with Gasteiger partial charge < -0.3 is 0 Å². The molecule has 0 aromatic heterocycles. The zero-order chi connectivity index (χ0) is 15.7. The van der Waals surface area contributed by atoms with Gasteiger partial charge in [0, 0.05) is 0 Å². The van der Waals surface area contributed by atoms with E-state index in [0.717, 1.165) is 12.8 Å². The molecule has 2 nitrogen and oxygen atoms in total. The van der Waals surface area contributed by atoms with E-state index in [1.807, 2.05) is 24.3 Å². The predicted molar refractivity (Wildman–Crippen MR) is 90.2 cm³/mol. The first-order valence-electron chi connectivity index (χ1n) is 7.82. The Kier molecular flexibility index (Phi) is 4.29. The van der Waals surface area contributed by atoms with E-state index in [1.54, 1.807) is 0 Å². The van der Waals surface area contributed by atoms with Crippen molar-refractivity contribution in [2.24, 2.45) is 11.8 Å². The molecular formula is C19H22O2Se. The van der Waals surface area contributed by atoms with Crippen LogP contribution < -0.4 is 4.46 Å². The molecule has 1 aromatic carbocycles. The summed E-state index contributed by atoms with van der Waals surface area (Å²) in [6.45, 7) is 8.22. The molecule has 3 rings (SSSR count). The van der Waals surface area contributed by atoms with Crippen LogP contribution >= 0.6 is 0 Å². The molecular weight excluding hydrogens is 339 g/mol. The van der Waals surface area contributed by atoms with Crippen LogP contribution in [0.4, 0.5) is 0 Å². The number of esters is 1. The Morgan fingerprint density at radius 2 is 2.09 bits per heavy atom. The summed E-state index contributed by atoms with van der Waals surface area (Å²) in [7, 11) is 0. The third-order valence-electron chi connectivity index (χ3n) is 4.89. The molecule has 0 unspecified atom stereocenters. The predicted octanol–water partition coefficient (Wildman–Crippen LogP) is 3.28. The molecule has 1 aliphatic heterocycles. The second kappa shape index (κ2) is 6.06. The second-order valence-corrected chi connectivity index (χ2v) is 9.55. The van der Waals surface area contributed by atoms with E-state index in [2.05, 4.69) is 38.6 Å². The quantitative estimate of drug-likeness (QED) is 0.610. The zero-order valence-electron chi connectivity index (χ0n) is 13.1. The van der Waals surface area contributed by atoms with E-state index >= 15 is 0 Å². The van der Waals surface area contributed by atoms with Gasteiger partial charge in [0.25, 0.3) is 0 Å².